The zero-order chi connectivity index (χ0) is 10.1. The van der Waals surface area contributed by atoms with Crippen LogP contribution in [0.4, 0.5) is 0 Å². The molecular formula is C10H9ClO3. The van der Waals surface area contributed by atoms with E-state index in [4.69, 9.17) is 16.3 Å². The van der Waals surface area contributed by atoms with E-state index >= 15 is 0 Å². The van der Waals surface area contributed by atoms with Gasteiger partial charge < -0.3 is 9.47 Å². The number of carbonyl (C=O) groups is 1. The van der Waals surface area contributed by atoms with Crippen molar-refractivity contribution in [2.45, 2.75) is 12.5 Å². The first-order valence-electron chi connectivity index (χ1n) is 4.23. The van der Waals surface area contributed by atoms with Gasteiger partial charge in [-0.3, -0.25) is 0 Å². The van der Waals surface area contributed by atoms with Crippen LogP contribution in [0.2, 0.25) is 5.02 Å². The lowest BCUT2D eigenvalue weighted by Gasteiger charge is -2.06. The predicted molar refractivity (Wildman–Crippen MR) is 51.6 cm³/mol. The lowest BCUT2D eigenvalue weighted by atomic mass is 10.1. The Kier molecular flexibility index (Phi) is 2.33. The summed E-state index contributed by atoms with van der Waals surface area (Å²) < 4.78 is 9.98. The standard InChI is InChI=1S/C10H9ClO3/c1-13-10(12)9-5-6-4-7(11)2-3-8(6)14-9/h2-4,9H,5H2,1H3. The van der Waals surface area contributed by atoms with E-state index < -0.39 is 6.10 Å². The highest BCUT2D eigenvalue weighted by Crippen LogP contribution is 2.31. The second kappa shape index (κ2) is 3.50. The minimum Gasteiger partial charge on any atom is -0.478 e. The van der Waals surface area contributed by atoms with Gasteiger partial charge in [0, 0.05) is 11.4 Å². The number of rotatable bonds is 1. The minimum atomic E-state index is -0.520. The summed E-state index contributed by atoms with van der Waals surface area (Å²) in [6, 6.07) is 5.31. The maximum Gasteiger partial charge on any atom is 0.347 e. The minimum absolute atomic E-state index is 0.350. The van der Waals surface area contributed by atoms with Crippen LogP contribution in [0.3, 0.4) is 0 Å². The van der Waals surface area contributed by atoms with Crippen LogP contribution in [0.25, 0.3) is 0 Å². The molecule has 0 amide bonds. The van der Waals surface area contributed by atoms with Crippen LogP contribution in [0.1, 0.15) is 5.56 Å². The Morgan fingerprint density at radius 3 is 3.14 bits per heavy atom. The van der Waals surface area contributed by atoms with Crippen LogP contribution in [0.15, 0.2) is 18.2 Å². The van der Waals surface area contributed by atoms with Gasteiger partial charge in [0.1, 0.15) is 5.75 Å². The van der Waals surface area contributed by atoms with Gasteiger partial charge in [-0.1, -0.05) is 11.6 Å². The lowest BCUT2D eigenvalue weighted by molar-refractivity contribution is -0.147. The quantitative estimate of drug-likeness (QED) is 0.667. The van der Waals surface area contributed by atoms with Crippen molar-refractivity contribution in [3.8, 4) is 5.75 Å². The topological polar surface area (TPSA) is 35.5 Å². The molecule has 0 saturated heterocycles. The molecule has 14 heavy (non-hydrogen) atoms. The predicted octanol–water partition coefficient (Wildman–Crippen LogP) is 1.82. The lowest BCUT2D eigenvalue weighted by Crippen LogP contribution is -2.26. The summed E-state index contributed by atoms with van der Waals surface area (Å²) in [5.74, 6) is 0.363. The highest BCUT2D eigenvalue weighted by molar-refractivity contribution is 6.30. The first-order valence-corrected chi connectivity index (χ1v) is 4.61. The van der Waals surface area contributed by atoms with Crippen molar-refractivity contribution in [1.29, 1.82) is 0 Å². The van der Waals surface area contributed by atoms with Gasteiger partial charge in [0.2, 0.25) is 0 Å². The SMILES string of the molecule is COC(=O)C1Cc2cc(Cl)ccc2O1. The summed E-state index contributed by atoms with van der Waals surface area (Å²) >= 11 is 5.81. The molecule has 0 spiro atoms. The number of carbonyl (C=O) groups excluding carboxylic acids is 1. The highest BCUT2D eigenvalue weighted by atomic mass is 35.5. The van der Waals surface area contributed by atoms with Crippen LogP contribution in [0, 0.1) is 0 Å². The van der Waals surface area contributed by atoms with E-state index in [1.165, 1.54) is 7.11 Å². The first-order chi connectivity index (χ1) is 6.70. The van der Waals surface area contributed by atoms with Crippen LogP contribution < -0.4 is 4.74 Å². The van der Waals surface area contributed by atoms with Gasteiger partial charge in [-0.2, -0.15) is 0 Å². The van der Waals surface area contributed by atoms with E-state index in [1.807, 2.05) is 0 Å². The van der Waals surface area contributed by atoms with Crippen LogP contribution >= 0.6 is 11.6 Å². The molecule has 0 saturated carbocycles. The summed E-state index contributed by atoms with van der Waals surface area (Å²) in [6.45, 7) is 0. The molecule has 1 aliphatic heterocycles. The van der Waals surface area contributed by atoms with Gasteiger partial charge >= 0.3 is 5.97 Å². The summed E-state index contributed by atoms with van der Waals surface area (Å²) in [5.41, 5.74) is 0.952. The Bertz CT molecular complexity index is 376. The zero-order valence-electron chi connectivity index (χ0n) is 7.62. The monoisotopic (exact) mass is 212 g/mol. The number of benzene rings is 1. The van der Waals surface area contributed by atoms with E-state index in [0.717, 1.165) is 5.56 Å². The third-order valence-corrected chi connectivity index (χ3v) is 2.40. The van der Waals surface area contributed by atoms with Gasteiger partial charge in [-0.25, -0.2) is 4.79 Å². The second-order valence-corrected chi connectivity index (χ2v) is 3.52. The van der Waals surface area contributed by atoms with Gasteiger partial charge in [-0.05, 0) is 23.8 Å². The van der Waals surface area contributed by atoms with Crippen molar-refractivity contribution in [3.05, 3.63) is 28.8 Å². The van der Waals surface area contributed by atoms with Gasteiger partial charge in [0.25, 0.3) is 0 Å². The number of halogens is 1. The fraction of sp³-hybridized carbons (Fsp3) is 0.300. The molecule has 0 radical (unpaired) electrons. The Morgan fingerprint density at radius 2 is 2.43 bits per heavy atom. The molecule has 0 bridgehead atoms. The van der Waals surface area contributed by atoms with Crippen molar-refractivity contribution in [2.75, 3.05) is 7.11 Å². The molecule has 74 valence electrons. The molecule has 4 heteroatoms. The summed E-state index contributed by atoms with van der Waals surface area (Å²) in [6.07, 6.45) is 0.0104. The number of methoxy groups -OCH3 is 1. The van der Waals surface area contributed by atoms with Crippen molar-refractivity contribution >= 4 is 17.6 Å². The van der Waals surface area contributed by atoms with Crippen molar-refractivity contribution < 1.29 is 14.3 Å². The molecule has 0 fully saturated rings. The summed E-state index contributed by atoms with van der Waals surface area (Å²) in [7, 11) is 1.35. The smallest absolute Gasteiger partial charge is 0.347 e. The maximum absolute atomic E-state index is 11.2. The summed E-state index contributed by atoms with van der Waals surface area (Å²) in [5, 5.41) is 0.651. The first kappa shape index (κ1) is 9.34. The molecule has 1 heterocycles. The molecule has 3 nitrogen and oxygen atoms in total. The fourth-order valence-electron chi connectivity index (χ4n) is 1.48. The Balaban J connectivity index is 2.22. The van der Waals surface area contributed by atoms with E-state index in [1.54, 1.807) is 18.2 Å². The normalized spacial score (nSPS) is 18.6. The number of esters is 1. The van der Waals surface area contributed by atoms with Crippen LogP contribution in [0.5, 0.6) is 5.75 Å². The zero-order valence-corrected chi connectivity index (χ0v) is 8.38. The van der Waals surface area contributed by atoms with E-state index in [-0.39, 0.29) is 5.97 Å². The third kappa shape index (κ3) is 1.55. The second-order valence-electron chi connectivity index (χ2n) is 3.09. The molecule has 0 N–H and O–H groups in total. The molecule has 0 aromatic heterocycles. The van der Waals surface area contributed by atoms with Crippen molar-refractivity contribution in [3.63, 3.8) is 0 Å². The number of hydrogen-bond acceptors (Lipinski definition) is 3. The number of fused-ring (bicyclic) bond motifs is 1. The van der Waals surface area contributed by atoms with E-state index in [0.29, 0.717) is 17.2 Å². The Morgan fingerprint density at radius 1 is 1.64 bits per heavy atom. The van der Waals surface area contributed by atoms with Gasteiger partial charge in [0.15, 0.2) is 6.10 Å². The van der Waals surface area contributed by atoms with Gasteiger partial charge in [0.05, 0.1) is 7.11 Å². The molecule has 1 aliphatic rings. The largest absolute Gasteiger partial charge is 0.478 e. The molecule has 0 aliphatic carbocycles. The van der Waals surface area contributed by atoms with Crippen molar-refractivity contribution in [1.82, 2.24) is 0 Å². The fourth-order valence-corrected chi connectivity index (χ4v) is 1.67. The molecule has 1 aromatic carbocycles. The third-order valence-electron chi connectivity index (χ3n) is 2.16. The molecular weight excluding hydrogens is 204 g/mol. The Labute approximate surface area is 86.6 Å². The molecule has 1 unspecified atom stereocenters. The average Bonchev–Trinajstić information content (AvgIpc) is 2.59. The van der Waals surface area contributed by atoms with E-state index in [2.05, 4.69) is 4.74 Å². The van der Waals surface area contributed by atoms with Crippen molar-refractivity contribution in [2.24, 2.45) is 0 Å². The number of hydrogen-bond donors (Lipinski definition) is 0. The van der Waals surface area contributed by atoms with E-state index in [9.17, 15) is 4.79 Å². The van der Waals surface area contributed by atoms with Crippen LogP contribution in [-0.4, -0.2) is 19.2 Å². The van der Waals surface area contributed by atoms with Gasteiger partial charge in [-0.15, -0.1) is 0 Å². The Hall–Kier alpha value is -1.22. The average molecular weight is 213 g/mol. The molecule has 1 aromatic rings. The molecule has 2 rings (SSSR count). The number of ether oxygens (including phenoxy) is 2. The summed E-state index contributed by atoms with van der Waals surface area (Å²) in [4.78, 5) is 11.2. The highest BCUT2D eigenvalue weighted by Gasteiger charge is 2.29. The molecule has 1 atom stereocenters. The maximum atomic E-state index is 11.2. The van der Waals surface area contributed by atoms with Crippen LogP contribution in [-0.2, 0) is 16.0 Å².